The number of fused-ring (bicyclic) bond motifs is 2. The number of carbonyl (C=O) groups is 1. The number of rotatable bonds is 1. The lowest BCUT2D eigenvalue weighted by molar-refractivity contribution is 0.0123. The van der Waals surface area contributed by atoms with Crippen LogP contribution in [0, 0.1) is 12.3 Å². The Morgan fingerprint density at radius 3 is 2.43 bits per heavy atom. The highest BCUT2D eigenvalue weighted by atomic mass is 16.6. The lowest BCUT2D eigenvalue weighted by Crippen LogP contribution is -2.57. The molecule has 2 aliphatic heterocycles. The van der Waals surface area contributed by atoms with Crippen molar-refractivity contribution < 1.29 is 9.53 Å². The molecule has 5 nitrogen and oxygen atoms in total. The first-order chi connectivity index (χ1) is 10.9. The van der Waals surface area contributed by atoms with Crippen LogP contribution >= 0.6 is 0 Å². The van der Waals surface area contributed by atoms with E-state index in [4.69, 9.17) is 11.2 Å². The Labute approximate surface area is 137 Å². The summed E-state index contributed by atoms with van der Waals surface area (Å²) in [6.45, 7) is 7.29. The summed E-state index contributed by atoms with van der Waals surface area (Å²) in [6, 6.07) is 4.25. The van der Waals surface area contributed by atoms with Gasteiger partial charge in [-0.05, 0) is 45.7 Å². The van der Waals surface area contributed by atoms with Crippen molar-refractivity contribution in [3.05, 3.63) is 23.9 Å². The Morgan fingerprint density at radius 2 is 1.96 bits per heavy atom. The van der Waals surface area contributed by atoms with Gasteiger partial charge in [0.15, 0.2) is 0 Å². The summed E-state index contributed by atoms with van der Waals surface area (Å²) in [7, 11) is 0. The average Bonchev–Trinajstić information content (AvgIpc) is 2.76. The molecule has 1 aromatic rings. The summed E-state index contributed by atoms with van der Waals surface area (Å²) in [6.07, 6.45) is 8.93. The molecule has 3 heterocycles. The van der Waals surface area contributed by atoms with Crippen molar-refractivity contribution in [1.29, 1.82) is 0 Å². The van der Waals surface area contributed by atoms with Crippen molar-refractivity contribution >= 4 is 11.9 Å². The summed E-state index contributed by atoms with van der Waals surface area (Å²) in [4.78, 5) is 21.1. The van der Waals surface area contributed by atoms with Gasteiger partial charge in [-0.2, -0.15) is 0 Å². The second-order valence-electron chi connectivity index (χ2n) is 7.23. The standard InChI is InChI=1S/C18H23N3O2/c1-5-13-6-9-16(19-10-13)20-11-14-7-8-15(12-20)21(14)17(22)23-18(2,3)4/h1,6,9-10,14-15H,7-8,11-12H2,2-4H3. The summed E-state index contributed by atoms with van der Waals surface area (Å²) in [5.41, 5.74) is 0.324. The smallest absolute Gasteiger partial charge is 0.410 e. The molecule has 0 saturated carbocycles. The highest BCUT2D eigenvalue weighted by Crippen LogP contribution is 2.33. The van der Waals surface area contributed by atoms with Crippen molar-refractivity contribution in [2.45, 2.75) is 51.3 Å². The number of piperazine rings is 1. The number of pyridine rings is 1. The molecule has 0 aliphatic carbocycles. The SMILES string of the molecule is C#Cc1ccc(N2CC3CCC(C2)N3C(=O)OC(C)(C)C)nc1. The van der Waals surface area contributed by atoms with Gasteiger partial charge in [-0.25, -0.2) is 9.78 Å². The van der Waals surface area contributed by atoms with Crippen LogP contribution in [-0.2, 0) is 4.74 Å². The molecule has 0 aromatic carbocycles. The molecule has 5 heteroatoms. The van der Waals surface area contributed by atoms with E-state index in [1.807, 2.05) is 37.8 Å². The van der Waals surface area contributed by atoms with Gasteiger partial charge in [-0.3, -0.25) is 4.90 Å². The first kappa shape index (κ1) is 15.7. The first-order valence-electron chi connectivity index (χ1n) is 8.06. The zero-order chi connectivity index (χ0) is 16.6. The monoisotopic (exact) mass is 313 g/mol. The summed E-state index contributed by atoms with van der Waals surface area (Å²) in [5, 5.41) is 0. The van der Waals surface area contributed by atoms with Gasteiger partial charge in [0.05, 0.1) is 12.1 Å². The number of aromatic nitrogens is 1. The van der Waals surface area contributed by atoms with Crippen molar-refractivity contribution in [3.63, 3.8) is 0 Å². The molecule has 3 rings (SSSR count). The minimum Gasteiger partial charge on any atom is -0.444 e. The molecule has 0 radical (unpaired) electrons. The van der Waals surface area contributed by atoms with Gasteiger partial charge in [0.2, 0.25) is 0 Å². The summed E-state index contributed by atoms with van der Waals surface area (Å²) in [5.74, 6) is 3.50. The fraction of sp³-hybridized carbons (Fsp3) is 0.556. The van der Waals surface area contributed by atoms with Crippen LogP contribution in [0.3, 0.4) is 0 Å². The third kappa shape index (κ3) is 3.26. The molecule has 0 spiro atoms. The zero-order valence-electron chi connectivity index (χ0n) is 14.0. The number of nitrogens with zero attached hydrogens (tertiary/aromatic N) is 3. The number of terminal acetylenes is 1. The van der Waals surface area contributed by atoms with Gasteiger partial charge in [0, 0.05) is 24.8 Å². The highest BCUT2D eigenvalue weighted by Gasteiger charge is 2.44. The van der Waals surface area contributed by atoms with Gasteiger partial charge in [0.1, 0.15) is 11.4 Å². The molecule has 1 aromatic heterocycles. The van der Waals surface area contributed by atoms with E-state index >= 15 is 0 Å². The molecular weight excluding hydrogens is 290 g/mol. The fourth-order valence-corrected chi connectivity index (χ4v) is 3.36. The van der Waals surface area contributed by atoms with E-state index in [-0.39, 0.29) is 18.2 Å². The molecular formula is C18H23N3O2. The summed E-state index contributed by atoms with van der Waals surface area (Å²) < 4.78 is 5.56. The normalized spacial score (nSPS) is 23.6. The Kier molecular flexibility index (Phi) is 3.93. The van der Waals surface area contributed by atoms with E-state index in [9.17, 15) is 4.79 Å². The Balaban J connectivity index is 1.71. The van der Waals surface area contributed by atoms with Crippen LogP contribution in [0.15, 0.2) is 18.3 Å². The van der Waals surface area contributed by atoms with Crippen LogP contribution in [0.25, 0.3) is 0 Å². The van der Waals surface area contributed by atoms with E-state index in [0.717, 1.165) is 37.3 Å². The van der Waals surface area contributed by atoms with Crippen molar-refractivity contribution in [3.8, 4) is 12.3 Å². The average molecular weight is 313 g/mol. The molecule has 2 aliphatic rings. The lowest BCUT2D eigenvalue weighted by Gasteiger charge is -2.41. The third-order valence-electron chi connectivity index (χ3n) is 4.33. The minimum absolute atomic E-state index is 0.192. The molecule has 2 unspecified atom stereocenters. The fourth-order valence-electron chi connectivity index (χ4n) is 3.36. The predicted octanol–water partition coefficient (Wildman–Crippen LogP) is 2.65. The lowest BCUT2D eigenvalue weighted by atomic mass is 10.2. The maximum Gasteiger partial charge on any atom is 0.410 e. The van der Waals surface area contributed by atoms with Gasteiger partial charge in [-0.1, -0.05) is 5.92 Å². The van der Waals surface area contributed by atoms with E-state index < -0.39 is 5.60 Å². The highest BCUT2D eigenvalue weighted by molar-refractivity contribution is 5.70. The predicted molar refractivity (Wildman–Crippen MR) is 89.3 cm³/mol. The maximum atomic E-state index is 12.4. The Bertz CT molecular complexity index is 613. The van der Waals surface area contributed by atoms with Gasteiger partial charge < -0.3 is 9.64 Å². The van der Waals surface area contributed by atoms with Crippen LogP contribution in [0.1, 0.15) is 39.2 Å². The molecule has 2 atom stereocenters. The second-order valence-corrected chi connectivity index (χ2v) is 7.23. The number of carbonyl (C=O) groups excluding carboxylic acids is 1. The molecule has 1 amide bonds. The molecule has 122 valence electrons. The maximum absolute atomic E-state index is 12.4. The van der Waals surface area contributed by atoms with E-state index in [1.165, 1.54) is 0 Å². The number of hydrogen-bond donors (Lipinski definition) is 0. The Morgan fingerprint density at radius 1 is 1.30 bits per heavy atom. The number of hydrogen-bond acceptors (Lipinski definition) is 4. The van der Waals surface area contributed by atoms with Crippen molar-refractivity contribution in [1.82, 2.24) is 9.88 Å². The van der Waals surface area contributed by atoms with Gasteiger partial charge in [-0.15, -0.1) is 6.42 Å². The molecule has 23 heavy (non-hydrogen) atoms. The van der Waals surface area contributed by atoms with Gasteiger partial charge >= 0.3 is 6.09 Å². The van der Waals surface area contributed by atoms with Crippen molar-refractivity contribution in [2.75, 3.05) is 18.0 Å². The van der Waals surface area contributed by atoms with E-state index in [0.29, 0.717) is 0 Å². The van der Waals surface area contributed by atoms with E-state index in [2.05, 4.69) is 15.8 Å². The second kappa shape index (κ2) is 5.77. The van der Waals surface area contributed by atoms with Crippen LogP contribution in [0.4, 0.5) is 10.6 Å². The van der Waals surface area contributed by atoms with Crippen LogP contribution in [0.2, 0.25) is 0 Å². The third-order valence-corrected chi connectivity index (χ3v) is 4.33. The minimum atomic E-state index is -0.458. The number of anilines is 1. The number of amides is 1. The van der Waals surface area contributed by atoms with Gasteiger partial charge in [0.25, 0.3) is 0 Å². The van der Waals surface area contributed by atoms with E-state index in [1.54, 1.807) is 6.20 Å². The molecule has 0 N–H and O–H groups in total. The molecule has 2 saturated heterocycles. The zero-order valence-corrected chi connectivity index (χ0v) is 14.0. The quantitative estimate of drug-likeness (QED) is 0.748. The van der Waals surface area contributed by atoms with Crippen LogP contribution < -0.4 is 4.90 Å². The molecule has 2 bridgehead atoms. The first-order valence-corrected chi connectivity index (χ1v) is 8.06. The van der Waals surface area contributed by atoms with Crippen LogP contribution in [0.5, 0.6) is 0 Å². The summed E-state index contributed by atoms with van der Waals surface area (Å²) >= 11 is 0. The molecule has 2 fully saturated rings. The number of ether oxygens (including phenoxy) is 1. The topological polar surface area (TPSA) is 45.7 Å². The largest absolute Gasteiger partial charge is 0.444 e. The van der Waals surface area contributed by atoms with Crippen LogP contribution in [-0.4, -0.2) is 46.8 Å². The Hall–Kier alpha value is -2.22. The van der Waals surface area contributed by atoms with Crippen molar-refractivity contribution in [2.24, 2.45) is 0 Å².